The molecule has 2 aromatic heterocycles. The molecule has 0 aromatic carbocycles. The number of ether oxygens (including phenoxy) is 1. The second-order valence-electron chi connectivity index (χ2n) is 6.99. The molecule has 1 N–H and O–H groups in total. The number of methoxy groups -OCH3 is 1. The molecular weight excluding hydrogens is 352 g/mol. The molecule has 2 aromatic rings. The third-order valence-corrected chi connectivity index (χ3v) is 5.19. The Hall–Kier alpha value is -2.08. The van der Waals surface area contributed by atoms with E-state index >= 15 is 0 Å². The zero-order valence-corrected chi connectivity index (χ0v) is 16.2. The number of halogens is 1. The Bertz CT molecular complexity index is 782. The van der Waals surface area contributed by atoms with Gasteiger partial charge >= 0.3 is 0 Å². The first-order valence-corrected chi connectivity index (χ1v) is 9.35. The molecule has 26 heavy (non-hydrogen) atoms. The summed E-state index contributed by atoms with van der Waals surface area (Å²) in [5, 5.41) is 8.11. The maximum Gasteiger partial charge on any atom is 0.253 e. The van der Waals surface area contributed by atoms with Gasteiger partial charge in [0, 0.05) is 24.8 Å². The monoisotopic (exact) mass is 376 g/mol. The average Bonchev–Trinajstić information content (AvgIpc) is 2.98. The molecule has 0 unspecified atom stereocenters. The van der Waals surface area contributed by atoms with E-state index in [-0.39, 0.29) is 11.9 Å². The van der Waals surface area contributed by atoms with Crippen molar-refractivity contribution in [2.24, 2.45) is 5.92 Å². The molecule has 1 amide bonds. The third-order valence-electron chi connectivity index (χ3n) is 4.99. The molecule has 3 rings (SSSR count). The van der Waals surface area contributed by atoms with Crippen LogP contribution in [0.3, 0.4) is 0 Å². The van der Waals surface area contributed by atoms with Crippen molar-refractivity contribution in [3.63, 3.8) is 0 Å². The number of nitrogens with zero attached hydrogens (tertiary/aromatic N) is 3. The van der Waals surface area contributed by atoms with Crippen molar-refractivity contribution in [3.8, 4) is 5.88 Å². The van der Waals surface area contributed by atoms with Crippen LogP contribution in [0.4, 0.5) is 0 Å². The van der Waals surface area contributed by atoms with Gasteiger partial charge in [0.15, 0.2) is 0 Å². The van der Waals surface area contributed by atoms with Gasteiger partial charge in [0.2, 0.25) is 5.88 Å². The molecule has 7 heteroatoms. The number of hydrogen-bond acceptors (Lipinski definition) is 4. The fraction of sp³-hybridized carbons (Fsp3) is 0.526. The molecule has 6 nitrogen and oxygen atoms in total. The van der Waals surface area contributed by atoms with E-state index in [4.69, 9.17) is 16.3 Å². The molecule has 140 valence electrons. The van der Waals surface area contributed by atoms with E-state index in [1.54, 1.807) is 19.4 Å². The van der Waals surface area contributed by atoms with Crippen LogP contribution in [0, 0.1) is 19.8 Å². The summed E-state index contributed by atoms with van der Waals surface area (Å²) in [6, 6.07) is 3.82. The summed E-state index contributed by atoms with van der Waals surface area (Å²) >= 11 is 5.97. The molecule has 1 aliphatic rings. The van der Waals surface area contributed by atoms with Crippen molar-refractivity contribution in [2.45, 2.75) is 52.1 Å². The standard InChI is InChI=1S/C19H25ClN4O2/c1-12-8-18(26-3)24(23-12)11-14-4-6-16(7-5-14)22-19(25)17-9-15(20)10-21-13(17)2/h8-10,14,16H,4-7,11H2,1-3H3,(H,22,25). The predicted molar refractivity (Wildman–Crippen MR) is 101 cm³/mol. The minimum atomic E-state index is -0.0923. The Balaban J connectivity index is 1.53. The van der Waals surface area contributed by atoms with Crippen LogP contribution in [0.1, 0.15) is 47.4 Å². The van der Waals surface area contributed by atoms with E-state index < -0.39 is 0 Å². The van der Waals surface area contributed by atoms with Crippen LogP contribution in [-0.2, 0) is 6.54 Å². The molecule has 0 saturated heterocycles. The van der Waals surface area contributed by atoms with Crippen molar-refractivity contribution in [3.05, 3.63) is 40.3 Å². The fourth-order valence-corrected chi connectivity index (χ4v) is 3.71. The van der Waals surface area contributed by atoms with Crippen LogP contribution < -0.4 is 10.1 Å². The molecule has 0 radical (unpaired) electrons. The van der Waals surface area contributed by atoms with Gasteiger partial charge in [-0.15, -0.1) is 0 Å². The lowest BCUT2D eigenvalue weighted by atomic mass is 9.86. The highest BCUT2D eigenvalue weighted by molar-refractivity contribution is 6.30. The second kappa shape index (κ2) is 8.08. The van der Waals surface area contributed by atoms with Crippen molar-refractivity contribution in [1.29, 1.82) is 0 Å². The third kappa shape index (κ3) is 4.36. The number of rotatable bonds is 5. The van der Waals surface area contributed by atoms with E-state index in [2.05, 4.69) is 15.4 Å². The van der Waals surface area contributed by atoms with E-state index in [9.17, 15) is 4.79 Å². The predicted octanol–water partition coefficient (Wildman–Crippen LogP) is 3.55. The van der Waals surface area contributed by atoms with Crippen LogP contribution in [0.15, 0.2) is 18.3 Å². The van der Waals surface area contributed by atoms with Gasteiger partial charge in [0.25, 0.3) is 5.91 Å². The first-order valence-electron chi connectivity index (χ1n) is 8.97. The zero-order valence-electron chi connectivity index (χ0n) is 15.5. The summed E-state index contributed by atoms with van der Waals surface area (Å²) in [5.74, 6) is 1.26. The largest absolute Gasteiger partial charge is 0.481 e. The summed E-state index contributed by atoms with van der Waals surface area (Å²) < 4.78 is 7.32. The molecule has 0 bridgehead atoms. The van der Waals surface area contributed by atoms with Crippen LogP contribution >= 0.6 is 11.6 Å². The van der Waals surface area contributed by atoms with Crippen LogP contribution in [0.5, 0.6) is 5.88 Å². The Morgan fingerprint density at radius 2 is 2.04 bits per heavy atom. The van der Waals surface area contributed by atoms with E-state index in [1.165, 1.54) is 0 Å². The van der Waals surface area contributed by atoms with Gasteiger partial charge in [-0.2, -0.15) is 5.10 Å². The number of aromatic nitrogens is 3. The zero-order chi connectivity index (χ0) is 18.7. The maximum absolute atomic E-state index is 12.5. The Labute approximate surface area is 158 Å². The van der Waals surface area contributed by atoms with Crippen molar-refractivity contribution < 1.29 is 9.53 Å². The molecule has 1 fully saturated rings. The summed E-state index contributed by atoms with van der Waals surface area (Å²) in [6.45, 7) is 4.65. The number of aryl methyl sites for hydroxylation is 2. The molecule has 0 spiro atoms. The van der Waals surface area contributed by atoms with Crippen molar-refractivity contribution in [1.82, 2.24) is 20.1 Å². The highest BCUT2D eigenvalue weighted by Crippen LogP contribution is 2.27. The lowest BCUT2D eigenvalue weighted by molar-refractivity contribution is 0.0918. The van der Waals surface area contributed by atoms with Crippen molar-refractivity contribution in [2.75, 3.05) is 7.11 Å². The number of pyridine rings is 1. The number of carbonyl (C=O) groups excluding carboxylic acids is 1. The number of nitrogens with one attached hydrogen (secondary N) is 1. The van der Waals surface area contributed by atoms with Gasteiger partial charge in [-0.05, 0) is 51.5 Å². The first-order chi connectivity index (χ1) is 12.5. The van der Waals surface area contributed by atoms with Gasteiger partial charge in [-0.1, -0.05) is 11.6 Å². The summed E-state index contributed by atoms with van der Waals surface area (Å²) in [4.78, 5) is 16.7. The van der Waals surface area contributed by atoms with E-state index in [0.717, 1.165) is 43.8 Å². The van der Waals surface area contributed by atoms with Gasteiger partial charge < -0.3 is 10.1 Å². The maximum atomic E-state index is 12.5. The minimum Gasteiger partial charge on any atom is -0.481 e. The Kier molecular flexibility index (Phi) is 5.81. The van der Waals surface area contributed by atoms with Crippen molar-refractivity contribution >= 4 is 17.5 Å². The van der Waals surface area contributed by atoms with Gasteiger partial charge in [-0.3, -0.25) is 9.78 Å². The highest BCUT2D eigenvalue weighted by Gasteiger charge is 2.24. The Morgan fingerprint density at radius 3 is 2.73 bits per heavy atom. The number of amides is 1. The molecule has 1 aliphatic carbocycles. The molecule has 1 saturated carbocycles. The van der Waals surface area contributed by atoms with Crippen LogP contribution in [0.25, 0.3) is 0 Å². The molecule has 0 aliphatic heterocycles. The minimum absolute atomic E-state index is 0.0923. The lowest BCUT2D eigenvalue weighted by Crippen LogP contribution is -2.38. The molecule has 0 atom stereocenters. The number of carbonyl (C=O) groups is 1. The second-order valence-corrected chi connectivity index (χ2v) is 7.42. The molecular formula is C19H25ClN4O2. The highest BCUT2D eigenvalue weighted by atomic mass is 35.5. The lowest BCUT2D eigenvalue weighted by Gasteiger charge is -2.29. The van der Waals surface area contributed by atoms with Crippen LogP contribution in [0.2, 0.25) is 5.02 Å². The molecule has 2 heterocycles. The summed E-state index contributed by atoms with van der Waals surface area (Å²) in [5.41, 5.74) is 2.21. The normalized spacial score (nSPS) is 20.0. The van der Waals surface area contributed by atoms with Gasteiger partial charge in [0.05, 0.1) is 29.1 Å². The summed E-state index contributed by atoms with van der Waals surface area (Å²) in [6.07, 6.45) is 5.60. The van der Waals surface area contributed by atoms with E-state index in [1.807, 2.05) is 24.6 Å². The SMILES string of the molecule is COc1cc(C)nn1CC1CCC(NC(=O)c2cc(Cl)cnc2C)CC1. The average molecular weight is 377 g/mol. The first kappa shape index (κ1) is 18.7. The quantitative estimate of drug-likeness (QED) is 0.866. The summed E-state index contributed by atoms with van der Waals surface area (Å²) in [7, 11) is 1.67. The number of hydrogen-bond donors (Lipinski definition) is 1. The van der Waals surface area contributed by atoms with Gasteiger partial charge in [-0.25, -0.2) is 4.68 Å². The topological polar surface area (TPSA) is 69.0 Å². The Morgan fingerprint density at radius 1 is 1.31 bits per heavy atom. The smallest absolute Gasteiger partial charge is 0.253 e. The van der Waals surface area contributed by atoms with Crippen LogP contribution in [-0.4, -0.2) is 33.8 Å². The van der Waals surface area contributed by atoms with E-state index in [0.29, 0.717) is 22.2 Å². The fourth-order valence-electron chi connectivity index (χ4n) is 3.55. The van der Waals surface area contributed by atoms with Gasteiger partial charge in [0.1, 0.15) is 0 Å².